The Morgan fingerprint density at radius 2 is 0.756 bits per heavy atom. The fourth-order valence-electron chi connectivity index (χ4n) is 6.41. The van der Waals surface area contributed by atoms with E-state index in [0.29, 0.717) is 39.1 Å². The largest absolute Gasteiger partial charge is 1.00 e. The van der Waals surface area contributed by atoms with Gasteiger partial charge in [0.2, 0.25) is 0 Å². The molecule has 0 spiro atoms. The second-order valence-corrected chi connectivity index (χ2v) is 13.5. The Morgan fingerprint density at radius 3 is 1.09 bits per heavy atom. The van der Waals surface area contributed by atoms with Gasteiger partial charge in [-0.3, -0.25) is 0 Å². The molecule has 45 heavy (non-hydrogen) atoms. The zero-order valence-electron chi connectivity index (χ0n) is 30.0. The summed E-state index contributed by atoms with van der Waals surface area (Å²) in [5, 5.41) is 0. The molecule has 0 aliphatic carbocycles. The highest BCUT2D eigenvalue weighted by Crippen LogP contribution is 2.21. The molecule has 1 fully saturated rings. The van der Waals surface area contributed by atoms with E-state index in [4.69, 9.17) is 4.74 Å². The number of amides is 2. The van der Waals surface area contributed by atoms with Crippen molar-refractivity contribution in [3.05, 3.63) is 24.3 Å². The van der Waals surface area contributed by atoms with Gasteiger partial charge in [-0.05, 0) is 64.2 Å². The summed E-state index contributed by atoms with van der Waals surface area (Å²) < 4.78 is 5.60. The lowest BCUT2D eigenvalue weighted by atomic mass is 10.1. The van der Waals surface area contributed by atoms with Gasteiger partial charge in [-0.25, -0.2) is 9.59 Å². The van der Waals surface area contributed by atoms with Crippen molar-refractivity contribution in [1.29, 1.82) is 0 Å². The Morgan fingerprint density at radius 1 is 0.467 bits per heavy atom. The normalized spacial score (nSPS) is 14.7. The molecule has 0 aromatic heterocycles. The van der Waals surface area contributed by atoms with Gasteiger partial charge in [-0.2, -0.15) is 4.48 Å². The zero-order valence-corrected chi connectivity index (χ0v) is 30.7. The van der Waals surface area contributed by atoms with Gasteiger partial charge in [-0.15, -0.1) is 0 Å². The molecule has 0 aromatic rings. The van der Waals surface area contributed by atoms with Crippen molar-refractivity contribution in [2.45, 2.75) is 194 Å². The van der Waals surface area contributed by atoms with E-state index in [9.17, 15) is 9.59 Å². The summed E-state index contributed by atoms with van der Waals surface area (Å²) in [7, 11) is 0. The molecule has 0 N–H and O–H groups in total. The maximum absolute atomic E-state index is 13.3. The van der Waals surface area contributed by atoms with E-state index in [1.807, 2.05) is 0 Å². The minimum atomic E-state index is 0. The Balaban J connectivity index is 0.0000194. The number of unbranched alkanes of at least 4 members (excludes halogenated alkanes) is 22. The van der Waals surface area contributed by atoms with Crippen molar-refractivity contribution in [2.24, 2.45) is 0 Å². The molecular weight excluding hydrogens is 578 g/mol. The van der Waals surface area contributed by atoms with Gasteiger partial charge in [0.25, 0.3) is 0 Å². The van der Waals surface area contributed by atoms with E-state index in [-0.39, 0.29) is 28.7 Å². The lowest BCUT2D eigenvalue weighted by molar-refractivity contribution is -0.790. The van der Waals surface area contributed by atoms with Gasteiger partial charge >= 0.3 is 11.8 Å². The number of imide groups is 1. The predicted molar refractivity (Wildman–Crippen MR) is 190 cm³/mol. The summed E-state index contributed by atoms with van der Waals surface area (Å²) in [6, 6.07) is 0. The van der Waals surface area contributed by atoms with Gasteiger partial charge in [0.15, 0.2) is 0 Å². The Labute approximate surface area is 286 Å². The number of rotatable bonds is 30. The van der Waals surface area contributed by atoms with Crippen molar-refractivity contribution >= 4 is 11.8 Å². The highest BCUT2D eigenvalue weighted by Gasteiger charge is 2.44. The summed E-state index contributed by atoms with van der Waals surface area (Å²) in [5.74, 6) is 0.285. The first-order valence-corrected chi connectivity index (χ1v) is 19.5. The van der Waals surface area contributed by atoms with Crippen LogP contribution in [0.2, 0.25) is 0 Å². The molecule has 1 saturated heterocycles. The van der Waals surface area contributed by atoms with Crippen LogP contribution in [0.3, 0.4) is 0 Å². The van der Waals surface area contributed by atoms with Gasteiger partial charge in [0, 0.05) is 0 Å². The van der Waals surface area contributed by atoms with Crippen molar-refractivity contribution in [2.75, 3.05) is 26.3 Å². The summed E-state index contributed by atoms with van der Waals surface area (Å²) in [6.07, 6.45) is 43.1. The standard InChI is InChI=1S/C40H74NO3.ClH/c1-3-5-7-9-11-13-15-17-19-21-23-25-27-29-31-33-39(42)41(35-37-44-38-36-41)40(43)34-32-30-28-26-24-22-20-18-16-14-12-10-8-6-4-2;/h17-20H,3-16,21-38H2,1-2H3;1H/q+1;/p-1. The molecule has 0 atom stereocenters. The average molecular weight is 652 g/mol. The summed E-state index contributed by atoms with van der Waals surface area (Å²) in [6.45, 7) is 6.66. The monoisotopic (exact) mass is 652 g/mol. The number of carbonyl (C=O) groups excluding carboxylic acids is 2. The minimum absolute atomic E-state index is 0. The topological polar surface area (TPSA) is 43.4 Å². The number of carbonyl (C=O) groups is 2. The number of allylic oxidation sites excluding steroid dienone is 4. The Kier molecular flexibility index (Phi) is 32.2. The molecule has 1 heterocycles. The number of quaternary nitrogens is 1. The van der Waals surface area contributed by atoms with E-state index < -0.39 is 0 Å². The molecular formula is C40H74ClNO3. The second kappa shape index (κ2) is 33.0. The lowest BCUT2D eigenvalue weighted by Crippen LogP contribution is -3.00. The first-order chi connectivity index (χ1) is 21.7. The van der Waals surface area contributed by atoms with Crippen molar-refractivity contribution in [1.82, 2.24) is 0 Å². The van der Waals surface area contributed by atoms with Gasteiger partial charge < -0.3 is 17.1 Å². The number of halogens is 1. The van der Waals surface area contributed by atoms with Crippen LogP contribution in [0, 0.1) is 0 Å². The SMILES string of the molecule is CCCCCCCCC=CCCCCCCCC(=O)[N+]1(C(=O)CCCCCCCC=CCCCCCCCC)CCOCC1.[Cl-]. The molecule has 0 radical (unpaired) electrons. The minimum Gasteiger partial charge on any atom is -1.00 e. The number of hydrogen-bond donors (Lipinski definition) is 0. The van der Waals surface area contributed by atoms with Crippen LogP contribution in [0.1, 0.15) is 194 Å². The molecule has 264 valence electrons. The fourth-order valence-corrected chi connectivity index (χ4v) is 6.41. The maximum Gasteiger partial charge on any atom is 0.321 e. The third-order valence-electron chi connectivity index (χ3n) is 9.49. The van der Waals surface area contributed by atoms with Crippen LogP contribution in [-0.4, -0.2) is 42.6 Å². The number of ether oxygens (including phenoxy) is 1. The van der Waals surface area contributed by atoms with E-state index in [0.717, 1.165) is 25.7 Å². The Hall–Kier alpha value is -0.970. The zero-order chi connectivity index (χ0) is 31.8. The fraction of sp³-hybridized carbons (Fsp3) is 0.850. The highest BCUT2D eigenvalue weighted by molar-refractivity contribution is 5.84. The Bertz CT molecular complexity index is 675. The average Bonchev–Trinajstić information content (AvgIpc) is 3.04. The van der Waals surface area contributed by atoms with Crippen molar-refractivity contribution < 1.29 is 31.2 Å². The van der Waals surface area contributed by atoms with Gasteiger partial charge in [0.1, 0.15) is 13.1 Å². The molecule has 0 bridgehead atoms. The number of nitrogens with zero attached hydrogens (tertiary/aromatic N) is 1. The quantitative estimate of drug-likeness (QED) is 0.0442. The first kappa shape index (κ1) is 44.0. The maximum atomic E-state index is 13.3. The van der Waals surface area contributed by atoms with E-state index in [1.165, 1.54) is 141 Å². The van der Waals surface area contributed by atoms with Crippen molar-refractivity contribution in [3.8, 4) is 0 Å². The van der Waals surface area contributed by atoms with Crippen LogP contribution >= 0.6 is 0 Å². The van der Waals surface area contributed by atoms with Gasteiger partial charge in [-0.1, -0.05) is 141 Å². The molecule has 2 amide bonds. The summed E-state index contributed by atoms with van der Waals surface area (Å²) in [4.78, 5) is 26.7. The number of hydrogen-bond acceptors (Lipinski definition) is 3. The molecule has 1 aliphatic rings. The third kappa shape index (κ3) is 23.9. The molecule has 0 unspecified atom stereocenters. The van der Waals surface area contributed by atoms with E-state index in [1.54, 1.807) is 0 Å². The van der Waals surface area contributed by atoms with Crippen LogP contribution in [0.15, 0.2) is 24.3 Å². The van der Waals surface area contributed by atoms with Gasteiger partial charge in [0.05, 0.1) is 26.1 Å². The number of morpholine rings is 1. The summed E-state index contributed by atoms with van der Waals surface area (Å²) >= 11 is 0. The molecule has 0 saturated carbocycles. The molecule has 5 heteroatoms. The molecule has 1 aliphatic heterocycles. The molecule has 0 aromatic carbocycles. The van der Waals surface area contributed by atoms with Crippen LogP contribution in [-0.2, 0) is 14.3 Å². The summed E-state index contributed by atoms with van der Waals surface area (Å²) in [5.41, 5.74) is 0. The molecule has 1 rings (SSSR count). The van der Waals surface area contributed by atoms with E-state index >= 15 is 0 Å². The van der Waals surface area contributed by atoms with Crippen LogP contribution in [0.4, 0.5) is 0 Å². The first-order valence-electron chi connectivity index (χ1n) is 19.5. The highest BCUT2D eigenvalue weighted by atomic mass is 35.5. The molecule has 4 nitrogen and oxygen atoms in total. The lowest BCUT2D eigenvalue weighted by Gasteiger charge is -2.36. The van der Waals surface area contributed by atoms with E-state index in [2.05, 4.69) is 38.2 Å². The van der Waals surface area contributed by atoms with Crippen LogP contribution in [0.25, 0.3) is 0 Å². The second-order valence-electron chi connectivity index (χ2n) is 13.5. The van der Waals surface area contributed by atoms with Crippen molar-refractivity contribution in [3.63, 3.8) is 0 Å². The van der Waals surface area contributed by atoms with Crippen LogP contribution in [0.5, 0.6) is 0 Å². The smallest absolute Gasteiger partial charge is 0.321 e. The van der Waals surface area contributed by atoms with Crippen LogP contribution < -0.4 is 12.4 Å². The third-order valence-corrected chi connectivity index (χ3v) is 9.49. The predicted octanol–water partition coefficient (Wildman–Crippen LogP) is 8.97.